The van der Waals surface area contributed by atoms with Crippen LogP contribution in [-0.2, 0) is 0 Å². The van der Waals surface area contributed by atoms with Gasteiger partial charge in [0, 0.05) is 5.88 Å². The third-order valence-electron chi connectivity index (χ3n) is 1.29. The lowest BCUT2D eigenvalue weighted by atomic mass is 10.2. The Labute approximate surface area is 68.9 Å². The van der Waals surface area contributed by atoms with Gasteiger partial charge in [-0.3, -0.25) is 0 Å². The Morgan fingerprint density at radius 3 is 2.36 bits per heavy atom. The van der Waals surface area contributed by atoms with Gasteiger partial charge in [-0.05, 0) is 6.54 Å². The van der Waals surface area contributed by atoms with Crippen molar-refractivity contribution in [1.29, 1.82) is 0 Å². The molecule has 0 aliphatic carbocycles. The predicted octanol–water partition coefficient (Wildman–Crippen LogP) is 1.81. The van der Waals surface area contributed by atoms with Crippen LogP contribution in [0.3, 0.4) is 0 Å². The van der Waals surface area contributed by atoms with Crippen molar-refractivity contribution in [1.82, 2.24) is 5.32 Å². The van der Waals surface area contributed by atoms with Crippen LogP contribution in [0.1, 0.15) is 6.92 Å². The first kappa shape index (κ1) is 11.0. The van der Waals surface area contributed by atoms with Gasteiger partial charge in [0.25, 0.3) is 5.92 Å². The van der Waals surface area contributed by atoms with Gasteiger partial charge < -0.3 is 5.32 Å². The van der Waals surface area contributed by atoms with Crippen molar-refractivity contribution in [2.45, 2.75) is 18.9 Å². The smallest absolute Gasteiger partial charge is 0.291 e. The first-order valence-corrected chi connectivity index (χ1v) is 3.85. The van der Waals surface area contributed by atoms with Gasteiger partial charge in [0.15, 0.2) is 6.67 Å². The quantitative estimate of drug-likeness (QED) is 0.651. The zero-order valence-corrected chi connectivity index (χ0v) is 6.97. The molecule has 11 heavy (non-hydrogen) atoms. The van der Waals surface area contributed by atoms with Crippen LogP contribution in [0.4, 0.5) is 13.2 Å². The number of hydrogen-bond donors (Lipinski definition) is 1. The Morgan fingerprint density at radius 1 is 1.55 bits per heavy atom. The minimum atomic E-state index is -3.35. The maximum atomic E-state index is 12.5. The molecular formula is C6H11ClF3N. The van der Waals surface area contributed by atoms with E-state index in [-0.39, 0.29) is 5.88 Å². The van der Waals surface area contributed by atoms with E-state index in [4.69, 9.17) is 11.6 Å². The zero-order valence-electron chi connectivity index (χ0n) is 6.21. The van der Waals surface area contributed by atoms with E-state index in [1.54, 1.807) is 6.92 Å². The third kappa shape index (κ3) is 3.29. The molecule has 1 nitrogen and oxygen atoms in total. The van der Waals surface area contributed by atoms with E-state index in [9.17, 15) is 13.2 Å². The highest BCUT2D eigenvalue weighted by Crippen LogP contribution is 2.19. The third-order valence-corrected chi connectivity index (χ3v) is 1.60. The minimum Gasteiger partial charge on any atom is -0.308 e. The summed E-state index contributed by atoms with van der Waals surface area (Å²) in [6.07, 6.45) is 0. The highest BCUT2D eigenvalue weighted by molar-refractivity contribution is 6.18. The molecule has 0 rings (SSSR count). The number of halogens is 4. The van der Waals surface area contributed by atoms with Gasteiger partial charge in [-0.25, -0.2) is 13.2 Å². The van der Waals surface area contributed by atoms with Gasteiger partial charge in [0.05, 0.1) is 6.04 Å². The van der Waals surface area contributed by atoms with Gasteiger partial charge in [0.1, 0.15) is 0 Å². The molecule has 1 unspecified atom stereocenters. The van der Waals surface area contributed by atoms with Crippen LogP contribution in [0.5, 0.6) is 0 Å². The lowest BCUT2D eigenvalue weighted by Crippen LogP contribution is -2.47. The molecule has 0 aromatic carbocycles. The summed E-state index contributed by atoms with van der Waals surface area (Å²) in [5.74, 6) is -3.64. The topological polar surface area (TPSA) is 12.0 Å². The molecule has 0 amide bonds. The lowest BCUT2D eigenvalue weighted by Gasteiger charge is -2.22. The molecule has 0 aliphatic heterocycles. The molecule has 0 aromatic heterocycles. The monoisotopic (exact) mass is 189 g/mol. The maximum Gasteiger partial charge on any atom is 0.291 e. The van der Waals surface area contributed by atoms with Crippen molar-refractivity contribution in [3.05, 3.63) is 0 Å². The maximum absolute atomic E-state index is 12.5. The Hall–Kier alpha value is 0.0400. The fraction of sp³-hybridized carbons (Fsp3) is 1.00. The van der Waals surface area contributed by atoms with E-state index in [0.29, 0.717) is 6.54 Å². The average Bonchev–Trinajstić information content (AvgIpc) is 2.00. The molecule has 5 heteroatoms. The molecule has 0 saturated heterocycles. The van der Waals surface area contributed by atoms with Crippen LogP contribution in [0.2, 0.25) is 0 Å². The molecule has 1 N–H and O–H groups in total. The van der Waals surface area contributed by atoms with E-state index >= 15 is 0 Å². The highest BCUT2D eigenvalue weighted by Gasteiger charge is 2.38. The van der Waals surface area contributed by atoms with Crippen molar-refractivity contribution in [3.63, 3.8) is 0 Å². The molecule has 0 spiro atoms. The van der Waals surface area contributed by atoms with Gasteiger partial charge in [0.2, 0.25) is 0 Å². The van der Waals surface area contributed by atoms with Crippen molar-refractivity contribution in [3.8, 4) is 0 Å². The molecule has 0 saturated carbocycles. The molecule has 0 aliphatic rings. The first-order chi connectivity index (χ1) is 5.08. The Morgan fingerprint density at radius 2 is 2.09 bits per heavy atom. The van der Waals surface area contributed by atoms with Gasteiger partial charge in [-0.1, -0.05) is 6.92 Å². The fourth-order valence-electron chi connectivity index (χ4n) is 0.656. The van der Waals surface area contributed by atoms with Crippen molar-refractivity contribution >= 4 is 11.6 Å². The summed E-state index contributed by atoms with van der Waals surface area (Å²) in [5, 5.41) is 2.40. The summed E-state index contributed by atoms with van der Waals surface area (Å²) in [5.41, 5.74) is 0. The van der Waals surface area contributed by atoms with E-state index in [1.807, 2.05) is 0 Å². The average molecular weight is 190 g/mol. The molecule has 0 radical (unpaired) electrons. The SMILES string of the molecule is CCNC(CCl)C(F)(F)CF. The van der Waals surface area contributed by atoms with Crippen LogP contribution in [-0.4, -0.2) is 31.1 Å². The minimum absolute atomic E-state index is 0.287. The fourth-order valence-corrected chi connectivity index (χ4v) is 0.991. The van der Waals surface area contributed by atoms with Crippen molar-refractivity contribution in [2.75, 3.05) is 19.1 Å². The van der Waals surface area contributed by atoms with Crippen LogP contribution < -0.4 is 5.32 Å². The zero-order chi connectivity index (χ0) is 8.91. The van der Waals surface area contributed by atoms with E-state index in [2.05, 4.69) is 5.32 Å². The van der Waals surface area contributed by atoms with Crippen LogP contribution >= 0.6 is 11.6 Å². The second kappa shape index (κ2) is 4.83. The summed E-state index contributed by atoms with van der Waals surface area (Å²) in [6.45, 7) is 0.345. The summed E-state index contributed by atoms with van der Waals surface area (Å²) in [4.78, 5) is 0. The molecule has 0 aromatic rings. The summed E-state index contributed by atoms with van der Waals surface area (Å²) >= 11 is 5.20. The second-order valence-corrected chi connectivity index (χ2v) is 2.47. The summed E-state index contributed by atoms with van der Waals surface area (Å²) in [6, 6.07) is -1.26. The van der Waals surface area contributed by atoms with Crippen molar-refractivity contribution < 1.29 is 13.2 Å². The van der Waals surface area contributed by atoms with E-state index < -0.39 is 18.6 Å². The predicted molar refractivity (Wildman–Crippen MR) is 39.1 cm³/mol. The van der Waals surface area contributed by atoms with Crippen LogP contribution in [0.15, 0.2) is 0 Å². The van der Waals surface area contributed by atoms with Gasteiger partial charge >= 0.3 is 0 Å². The first-order valence-electron chi connectivity index (χ1n) is 3.31. The van der Waals surface area contributed by atoms with E-state index in [1.165, 1.54) is 0 Å². The summed E-state index contributed by atoms with van der Waals surface area (Å²) < 4.78 is 36.6. The molecular weight excluding hydrogens is 179 g/mol. The molecule has 0 heterocycles. The highest BCUT2D eigenvalue weighted by atomic mass is 35.5. The van der Waals surface area contributed by atoms with Crippen LogP contribution in [0, 0.1) is 0 Å². The van der Waals surface area contributed by atoms with Crippen molar-refractivity contribution in [2.24, 2.45) is 0 Å². The van der Waals surface area contributed by atoms with Crippen LogP contribution in [0.25, 0.3) is 0 Å². The number of nitrogens with one attached hydrogen (secondary N) is 1. The second-order valence-electron chi connectivity index (χ2n) is 2.16. The standard InChI is InChI=1S/C6H11ClF3N/c1-2-11-5(3-7)6(9,10)4-8/h5,11H,2-4H2,1H3. The molecule has 0 bridgehead atoms. The number of rotatable bonds is 5. The lowest BCUT2D eigenvalue weighted by molar-refractivity contribution is -0.0496. The molecule has 68 valence electrons. The van der Waals surface area contributed by atoms with Gasteiger partial charge in [-0.15, -0.1) is 11.6 Å². The largest absolute Gasteiger partial charge is 0.308 e. The number of alkyl halides is 4. The van der Waals surface area contributed by atoms with Gasteiger partial charge in [-0.2, -0.15) is 0 Å². The molecule has 1 atom stereocenters. The normalized spacial score (nSPS) is 15.0. The summed E-state index contributed by atoms with van der Waals surface area (Å²) in [7, 11) is 0. The Kier molecular flexibility index (Phi) is 4.84. The Bertz CT molecular complexity index is 110. The number of hydrogen-bond acceptors (Lipinski definition) is 1. The Balaban J connectivity index is 3.99. The van der Waals surface area contributed by atoms with E-state index in [0.717, 1.165) is 0 Å². The molecule has 0 fully saturated rings.